The Balaban J connectivity index is 1.52. The number of Topliss-reactive ketones (excluding diaryl/α,β-unsaturated/α-hetero) is 2. The minimum atomic E-state index is -2.65. The minimum Gasteiger partial charge on any atom is -0.510 e. The van der Waals surface area contributed by atoms with Gasteiger partial charge in [-0.15, -0.1) is 0 Å². The van der Waals surface area contributed by atoms with Crippen LogP contribution in [0.2, 0.25) is 0 Å². The molecular weight excluding hydrogens is 506 g/mol. The summed E-state index contributed by atoms with van der Waals surface area (Å²) in [6.45, 7) is 1.92. The first kappa shape index (κ1) is 25.8. The number of aliphatic hydroxyl groups is 3. The number of carbonyl (C=O) groups excluding carboxylic acids is 3. The Labute approximate surface area is 225 Å². The van der Waals surface area contributed by atoms with Gasteiger partial charge in [-0.05, 0) is 70.8 Å². The number of hydrogen-bond acceptors (Lipinski definition) is 10. The van der Waals surface area contributed by atoms with Crippen molar-refractivity contribution in [3.63, 3.8) is 0 Å². The van der Waals surface area contributed by atoms with Gasteiger partial charge in [0.15, 0.2) is 11.4 Å². The van der Waals surface area contributed by atoms with Gasteiger partial charge in [0.1, 0.15) is 28.6 Å². The highest BCUT2D eigenvalue weighted by Crippen LogP contribution is 2.55. The highest BCUT2D eigenvalue weighted by atomic mass is 16.5. The number of fused-ring (bicyclic) bond motifs is 5. The van der Waals surface area contributed by atoms with Crippen molar-refractivity contribution in [1.29, 1.82) is 0 Å². The van der Waals surface area contributed by atoms with Crippen molar-refractivity contribution in [2.75, 3.05) is 34.3 Å². The summed E-state index contributed by atoms with van der Waals surface area (Å²) < 4.78 is 5.87. The third kappa shape index (κ3) is 3.23. The van der Waals surface area contributed by atoms with Gasteiger partial charge in [-0.25, -0.2) is 0 Å². The zero-order valence-electron chi connectivity index (χ0n) is 22.1. The van der Waals surface area contributed by atoms with Gasteiger partial charge >= 0.3 is 0 Å². The molecule has 2 heterocycles. The molecule has 1 amide bonds. The van der Waals surface area contributed by atoms with E-state index in [2.05, 4.69) is 4.90 Å². The second kappa shape index (κ2) is 8.54. The summed E-state index contributed by atoms with van der Waals surface area (Å²) in [6.07, 6.45) is 2.35. The maximum atomic E-state index is 13.9. The van der Waals surface area contributed by atoms with Crippen LogP contribution in [0, 0.1) is 17.8 Å². The number of benzene rings is 1. The van der Waals surface area contributed by atoms with Crippen molar-refractivity contribution in [2.24, 2.45) is 23.5 Å². The van der Waals surface area contributed by atoms with Crippen LogP contribution in [0.4, 0.5) is 0 Å². The number of nitrogens with zero attached hydrogens (tertiary/aromatic N) is 2. The van der Waals surface area contributed by atoms with Gasteiger partial charge in [-0.3, -0.25) is 24.2 Å². The summed E-state index contributed by atoms with van der Waals surface area (Å²) in [5.74, 6) is -5.66. The van der Waals surface area contributed by atoms with Gasteiger partial charge in [0.25, 0.3) is 5.91 Å². The molecule has 208 valence electrons. The lowest BCUT2D eigenvalue weighted by molar-refractivity contribution is -0.148. The van der Waals surface area contributed by atoms with E-state index in [0.29, 0.717) is 17.2 Å². The summed E-state index contributed by atoms with van der Waals surface area (Å²) in [6, 6.07) is 0.616. The van der Waals surface area contributed by atoms with E-state index in [1.807, 2.05) is 0 Å². The van der Waals surface area contributed by atoms with Crippen molar-refractivity contribution in [3.05, 3.63) is 45.4 Å². The molecule has 6 rings (SSSR count). The Bertz CT molecular complexity index is 1380. The summed E-state index contributed by atoms with van der Waals surface area (Å²) >= 11 is 0. The number of phenols is 1. The van der Waals surface area contributed by atoms with E-state index in [9.17, 15) is 34.8 Å². The number of piperidine rings is 1. The molecule has 1 aromatic carbocycles. The molecule has 2 bridgehead atoms. The average Bonchev–Trinajstić information content (AvgIpc) is 3.46. The van der Waals surface area contributed by atoms with Gasteiger partial charge in [0, 0.05) is 28.7 Å². The normalized spacial score (nSPS) is 35.3. The lowest BCUT2D eigenvalue weighted by Gasteiger charge is -2.50. The van der Waals surface area contributed by atoms with Crippen molar-refractivity contribution in [3.8, 4) is 11.5 Å². The lowest BCUT2D eigenvalue weighted by atomic mass is 9.58. The fourth-order valence-corrected chi connectivity index (χ4v) is 8.05. The first-order valence-electron chi connectivity index (χ1n) is 13.2. The molecule has 2 aliphatic heterocycles. The molecule has 2 fully saturated rings. The van der Waals surface area contributed by atoms with Crippen molar-refractivity contribution in [1.82, 2.24) is 9.80 Å². The highest BCUT2D eigenvalue weighted by Gasteiger charge is 2.63. The number of rotatable bonds is 4. The first-order valence-corrected chi connectivity index (χ1v) is 13.2. The average molecular weight is 540 g/mol. The second-order valence-corrected chi connectivity index (χ2v) is 11.7. The quantitative estimate of drug-likeness (QED) is 0.346. The van der Waals surface area contributed by atoms with Crippen LogP contribution >= 0.6 is 0 Å². The molecule has 2 saturated heterocycles. The molecule has 0 spiro atoms. The van der Waals surface area contributed by atoms with Crippen molar-refractivity contribution in [2.45, 2.75) is 43.4 Å². The van der Waals surface area contributed by atoms with Gasteiger partial charge in [-0.1, -0.05) is 0 Å². The van der Waals surface area contributed by atoms with Gasteiger partial charge in [0.2, 0.25) is 5.78 Å². The van der Waals surface area contributed by atoms with Crippen LogP contribution in [0.1, 0.15) is 46.8 Å². The maximum absolute atomic E-state index is 13.9. The second-order valence-electron chi connectivity index (χ2n) is 11.7. The molecule has 0 radical (unpaired) electrons. The van der Waals surface area contributed by atoms with Crippen molar-refractivity contribution < 1.29 is 39.5 Å². The SMILES string of the molecule is COc1c(C2C3CCN2CC3)cc(O)c2c1C[C@H]1C[C@H]3[C@H](N(C)C)C(O)=C(C(N)=O)C(=O)[C@@]3(O)C(O)=C1C2=O. The van der Waals surface area contributed by atoms with E-state index in [1.54, 1.807) is 20.2 Å². The Morgan fingerprint density at radius 3 is 2.38 bits per heavy atom. The van der Waals surface area contributed by atoms with Crippen molar-refractivity contribution >= 4 is 17.5 Å². The van der Waals surface area contributed by atoms with E-state index >= 15 is 0 Å². The van der Waals surface area contributed by atoms with Gasteiger partial charge < -0.3 is 30.9 Å². The number of likely N-dealkylation sites (N-methyl/N-ethyl adjacent to an activating group) is 1. The number of nitrogens with two attached hydrogens (primary N) is 1. The fourth-order valence-electron chi connectivity index (χ4n) is 8.05. The number of amides is 1. The zero-order valence-corrected chi connectivity index (χ0v) is 22.1. The zero-order chi connectivity index (χ0) is 28.1. The van der Waals surface area contributed by atoms with Crippen LogP contribution in [-0.2, 0) is 16.0 Å². The van der Waals surface area contributed by atoms with E-state index in [0.717, 1.165) is 31.5 Å². The molecule has 5 atom stereocenters. The largest absolute Gasteiger partial charge is 0.510 e. The molecule has 11 nitrogen and oxygen atoms in total. The smallest absolute Gasteiger partial charge is 0.255 e. The third-order valence-electron chi connectivity index (χ3n) is 9.64. The predicted molar refractivity (Wildman–Crippen MR) is 137 cm³/mol. The molecule has 1 aromatic rings. The molecule has 5 aliphatic rings. The first-order chi connectivity index (χ1) is 18.4. The van der Waals surface area contributed by atoms with Crippen LogP contribution in [0.15, 0.2) is 28.7 Å². The minimum absolute atomic E-state index is 0.0308. The summed E-state index contributed by atoms with van der Waals surface area (Å²) in [4.78, 5) is 43.3. The summed E-state index contributed by atoms with van der Waals surface area (Å²) in [5.41, 5.74) is 3.05. The highest BCUT2D eigenvalue weighted by molar-refractivity contribution is 6.24. The van der Waals surface area contributed by atoms with E-state index in [-0.39, 0.29) is 35.8 Å². The molecule has 3 aliphatic carbocycles. The molecule has 39 heavy (non-hydrogen) atoms. The maximum Gasteiger partial charge on any atom is 0.255 e. The molecule has 1 unspecified atom stereocenters. The third-order valence-corrected chi connectivity index (χ3v) is 9.64. The molecule has 11 heteroatoms. The number of aromatic hydroxyl groups is 1. The number of allylic oxidation sites excluding steroid dienone is 1. The molecular formula is C28H33N3O8. The standard InChI is InChI=1S/C28H33N3O8/c1-30(2)21-15-9-12-8-13-18(16(32)10-14(24(13)39-3)20-11-4-6-31(20)7-5-11)22(33)17(12)25(35)28(15,38)26(36)19(23(21)34)27(29)37/h10-12,15,20-21,32,34-35,38H,4-9H2,1-3H3,(H2,29,37)/t12-,15-,20?,21-,28-/m0/s1. The number of methoxy groups -OCH3 is 1. The van der Waals surface area contributed by atoms with E-state index in [1.165, 1.54) is 12.0 Å². The number of ketones is 2. The van der Waals surface area contributed by atoms with E-state index < -0.39 is 58.0 Å². The number of hydrogen-bond donors (Lipinski definition) is 5. The topological polar surface area (TPSA) is 174 Å². The molecule has 0 aromatic heterocycles. The fraction of sp³-hybridized carbons (Fsp3) is 0.536. The number of aliphatic hydroxyl groups excluding tert-OH is 2. The Kier molecular flexibility index (Phi) is 5.66. The Morgan fingerprint density at radius 2 is 1.85 bits per heavy atom. The molecule has 0 saturated carbocycles. The Morgan fingerprint density at radius 1 is 1.18 bits per heavy atom. The number of phenolic OH excluding ortho intramolecular Hbond substituents is 1. The van der Waals surface area contributed by atoms with Crippen LogP contribution in [-0.4, -0.2) is 93.6 Å². The van der Waals surface area contributed by atoms with Crippen LogP contribution < -0.4 is 10.5 Å². The van der Waals surface area contributed by atoms with E-state index in [4.69, 9.17) is 10.5 Å². The van der Waals surface area contributed by atoms with Gasteiger partial charge in [0.05, 0.1) is 18.7 Å². The molecule has 6 N–H and O–H groups in total. The summed E-state index contributed by atoms with van der Waals surface area (Å²) in [5, 5.41) is 45.2. The van der Waals surface area contributed by atoms with Gasteiger partial charge in [-0.2, -0.15) is 0 Å². The summed E-state index contributed by atoms with van der Waals surface area (Å²) in [7, 11) is 4.74. The number of primary amides is 1. The van der Waals surface area contributed by atoms with Crippen LogP contribution in [0.3, 0.4) is 0 Å². The predicted octanol–water partition coefficient (Wildman–Crippen LogP) is 0.896. The monoisotopic (exact) mass is 539 g/mol. The lowest BCUT2D eigenvalue weighted by Crippen LogP contribution is -2.63. The number of carbonyl (C=O) groups is 3. The van der Waals surface area contributed by atoms with Crippen LogP contribution in [0.5, 0.6) is 11.5 Å². The van der Waals surface area contributed by atoms with Crippen LogP contribution in [0.25, 0.3) is 0 Å². The number of ether oxygens (including phenoxy) is 1. The Hall–Kier alpha value is -3.41.